The number of benzene rings is 1. The molecular formula is C16H13N3O3S. The largest absolute Gasteiger partial charge is 0.467 e. The highest BCUT2D eigenvalue weighted by Crippen LogP contribution is 2.25. The number of anilines is 1. The number of carbonyl (C=O) groups is 2. The van der Waals surface area contributed by atoms with Gasteiger partial charge >= 0.3 is 0 Å². The maximum atomic E-state index is 12.0. The fourth-order valence-corrected chi connectivity index (χ4v) is 2.75. The van der Waals surface area contributed by atoms with E-state index in [1.807, 2.05) is 11.4 Å². The van der Waals surface area contributed by atoms with Crippen molar-refractivity contribution >= 4 is 38.9 Å². The molecular weight excluding hydrogens is 314 g/mol. The van der Waals surface area contributed by atoms with E-state index in [9.17, 15) is 9.59 Å². The zero-order valence-electron chi connectivity index (χ0n) is 12.3. The first kappa shape index (κ1) is 15.1. The van der Waals surface area contributed by atoms with Crippen LogP contribution in [0.5, 0.6) is 5.88 Å². The van der Waals surface area contributed by atoms with Crippen LogP contribution in [0, 0.1) is 0 Å². The molecule has 116 valence electrons. The lowest BCUT2D eigenvalue weighted by Crippen LogP contribution is -2.20. The molecule has 23 heavy (non-hydrogen) atoms. The molecule has 0 atom stereocenters. The van der Waals surface area contributed by atoms with Crippen molar-refractivity contribution in [3.05, 3.63) is 47.6 Å². The first-order valence-electron chi connectivity index (χ1n) is 6.85. The monoisotopic (exact) mass is 327 g/mol. The van der Waals surface area contributed by atoms with Crippen LogP contribution in [-0.4, -0.2) is 28.3 Å². The molecule has 0 aliphatic heterocycles. The smallest absolute Gasteiger partial charge is 0.262 e. The van der Waals surface area contributed by atoms with E-state index >= 15 is 0 Å². The number of amides is 1. The van der Waals surface area contributed by atoms with E-state index < -0.39 is 0 Å². The Hall–Kier alpha value is -2.80. The summed E-state index contributed by atoms with van der Waals surface area (Å²) in [4.78, 5) is 32.3. The minimum Gasteiger partial charge on any atom is -0.467 e. The number of ketones is 1. The van der Waals surface area contributed by atoms with Gasteiger partial charge in [0.15, 0.2) is 12.4 Å². The van der Waals surface area contributed by atoms with Crippen LogP contribution in [0.4, 0.5) is 5.69 Å². The average molecular weight is 327 g/mol. The zero-order chi connectivity index (χ0) is 16.2. The highest BCUT2D eigenvalue weighted by Gasteiger charge is 2.09. The van der Waals surface area contributed by atoms with E-state index in [4.69, 9.17) is 4.74 Å². The van der Waals surface area contributed by atoms with Crippen LogP contribution in [0.3, 0.4) is 0 Å². The van der Waals surface area contributed by atoms with Crippen LogP contribution < -0.4 is 10.1 Å². The molecule has 2 aromatic heterocycles. The average Bonchev–Trinajstić information content (AvgIpc) is 3.02. The summed E-state index contributed by atoms with van der Waals surface area (Å²) >= 11 is 1.48. The topological polar surface area (TPSA) is 81.2 Å². The summed E-state index contributed by atoms with van der Waals surface area (Å²) < 4.78 is 5.47. The van der Waals surface area contributed by atoms with E-state index in [1.54, 1.807) is 24.3 Å². The van der Waals surface area contributed by atoms with Crippen molar-refractivity contribution in [2.24, 2.45) is 0 Å². The first-order valence-corrected chi connectivity index (χ1v) is 7.73. The number of thiophene rings is 1. The zero-order valence-corrected chi connectivity index (χ0v) is 13.1. The van der Waals surface area contributed by atoms with E-state index in [2.05, 4.69) is 15.3 Å². The van der Waals surface area contributed by atoms with Crippen molar-refractivity contribution in [1.82, 2.24) is 9.97 Å². The molecule has 1 aromatic carbocycles. The standard InChI is InChI=1S/C16H13N3O3S/c1-10(20)11-3-2-4-12(7-11)19-14(21)8-22-15-13-5-6-23-16(13)18-9-17-15/h2-7,9H,8H2,1H3,(H,19,21). The molecule has 0 aliphatic rings. The third-order valence-corrected chi connectivity index (χ3v) is 3.94. The van der Waals surface area contributed by atoms with Crippen LogP contribution in [0.25, 0.3) is 10.2 Å². The van der Waals surface area contributed by atoms with Gasteiger partial charge in [-0.05, 0) is 30.5 Å². The molecule has 0 saturated heterocycles. The number of aromatic nitrogens is 2. The third kappa shape index (κ3) is 3.51. The highest BCUT2D eigenvalue weighted by molar-refractivity contribution is 7.16. The molecule has 3 rings (SSSR count). The molecule has 1 amide bonds. The molecule has 0 unspecified atom stereocenters. The highest BCUT2D eigenvalue weighted by atomic mass is 32.1. The van der Waals surface area contributed by atoms with Gasteiger partial charge in [0, 0.05) is 11.3 Å². The minimum atomic E-state index is -0.326. The molecule has 0 aliphatic carbocycles. The maximum Gasteiger partial charge on any atom is 0.262 e. The predicted octanol–water partition coefficient (Wildman–Crippen LogP) is 2.91. The van der Waals surface area contributed by atoms with Gasteiger partial charge in [-0.3, -0.25) is 9.59 Å². The van der Waals surface area contributed by atoms with Gasteiger partial charge in [0.1, 0.15) is 11.2 Å². The second-order valence-electron chi connectivity index (χ2n) is 4.79. The molecule has 0 bridgehead atoms. The fraction of sp³-hybridized carbons (Fsp3) is 0.125. The van der Waals surface area contributed by atoms with Gasteiger partial charge < -0.3 is 10.1 Å². The molecule has 6 nitrogen and oxygen atoms in total. The van der Waals surface area contributed by atoms with Crippen LogP contribution >= 0.6 is 11.3 Å². The quantitative estimate of drug-likeness (QED) is 0.729. The van der Waals surface area contributed by atoms with Gasteiger partial charge in [-0.1, -0.05) is 12.1 Å². The SMILES string of the molecule is CC(=O)c1cccc(NC(=O)COc2ncnc3sccc23)c1. The number of carbonyl (C=O) groups excluding carboxylic acids is 2. The molecule has 1 N–H and O–H groups in total. The number of fused-ring (bicyclic) bond motifs is 1. The van der Waals surface area contributed by atoms with Gasteiger partial charge in [0.05, 0.1) is 5.39 Å². The van der Waals surface area contributed by atoms with E-state index in [0.717, 1.165) is 10.2 Å². The summed E-state index contributed by atoms with van der Waals surface area (Å²) in [6, 6.07) is 8.60. The van der Waals surface area contributed by atoms with Gasteiger partial charge in [-0.25, -0.2) is 9.97 Å². The lowest BCUT2D eigenvalue weighted by molar-refractivity contribution is -0.118. The summed E-state index contributed by atoms with van der Waals surface area (Å²) in [7, 11) is 0. The third-order valence-electron chi connectivity index (χ3n) is 3.12. The number of hydrogen-bond acceptors (Lipinski definition) is 6. The van der Waals surface area contributed by atoms with Crippen LogP contribution in [0.2, 0.25) is 0 Å². The Morgan fingerprint density at radius 2 is 2.13 bits per heavy atom. The van der Waals surface area contributed by atoms with Crippen molar-refractivity contribution in [2.75, 3.05) is 11.9 Å². The Morgan fingerprint density at radius 1 is 1.26 bits per heavy atom. The van der Waals surface area contributed by atoms with Crippen molar-refractivity contribution < 1.29 is 14.3 Å². The lowest BCUT2D eigenvalue weighted by Gasteiger charge is -2.08. The van der Waals surface area contributed by atoms with Crippen LogP contribution in [0.15, 0.2) is 42.0 Å². The molecule has 0 spiro atoms. The number of rotatable bonds is 5. The second kappa shape index (κ2) is 6.53. The summed E-state index contributed by atoms with van der Waals surface area (Å²) in [5.41, 5.74) is 1.09. The summed E-state index contributed by atoms with van der Waals surface area (Å²) in [5, 5.41) is 5.36. The Balaban J connectivity index is 1.65. The van der Waals surface area contributed by atoms with E-state index in [-0.39, 0.29) is 18.3 Å². The van der Waals surface area contributed by atoms with Crippen molar-refractivity contribution in [3.63, 3.8) is 0 Å². The Labute approximate surface area is 136 Å². The minimum absolute atomic E-state index is 0.0572. The summed E-state index contributed by atoms with van der Waals surface area (Å²) in [5.74, 6) is -0.00485. The first-order chi connectivity index (χ1) is 11.1. The van der Waals surface area contributed by atoms with Crippen LogP contribution in [0.1, 0.15) is 17.3 Å². The fourth-order valence-electron chi connectivity index (χ4n) is 2.03. The van der Waals surface area contributed by atoms with Gasteiger partial charge in [0.2, 0.25) is 5.88 Å². The molecule has 0 radical (unpaired) electrons. The number of Topliss-reactive ketones (excluding diaryl/α,β-unsaturated/α-hetero) is 1. The van der Waals surface area contributed by atoms with Gasteiger partial charge in [-0.15, -0.1) is 11.3 Å². The molecule has 7 heteroatoms. The maximum absolute atomic E-state index is 12.0. The molecule has 3 aromatic rings. The van der Waals surface area contributed by atoms with Crippen molar-refractivity contribution in [2.45, 2.75) is 6.92 Å². The molecule has 2 heterocycles. The number of nitrogens with one attached hydrogen (secondary N) is 1. The Bertz CT molecular complexity index is 876. The van der Waals surface area contributed by atoms with Crippen molar-refractivity contribution in [1.29, 1.82) is 0 Å². The van der Waals surface area contributed by atoms with Gasteiger partial charge in [-0.2, -0.15) is 0 Å². The van der Waals surface area contributed by atoms with E-state index in [1.165, 1.54) is 24.6 Å². The van der Waals surface area contributed by atoms with Gasteiger partial charge in [0.25, 0.3) is 5.91 Å². The van der Waals surface area contributed by atoms with Crippen molar-refractivity contribution in [3.8, 4) is 5.88 Å². The lowest BCUT2D eigenvalue weighted by atomic mass is 10.1. The van der Waals surface area contributed by atoms with Crippen LogP contribution in [-0.2, 0) is 4.79 Å². The number of ether oxygens (including phenoxy) is 1. The predicted molar refractivity (Wildman–Crippen MR) is 88.0 cm³/mol. The molecule has 0 fully saturated rings. The second-order valence-corrected chi connectivity index (χ2v) is 5.69. The summed E-state index contributed by atoms with van der Waals surface area (Å²) in [6.45, 7) is 1.30. The Kier molecular flexibility index (Phi) is 4.29. The normalized spacial score (nSPS) is 10.5. The number of hydrogen-bond donors (Lipinski definition) is 1. The molecule has 0 saturated carbocycles. The van der Waals surface area contributed by atoms with E-state index in [0.29, 0.717) is 17.1 Å². The summed E-state index contributed by atoms with van der Waals surface area (Å²) in [6.07, 6.45) is 1.41. The number of nitrogens with zero attached hydrogens (tertiary/aromatic N) is 2. The Morgan fingerprint density at radius 3 is 2.96 bits per heavy atom.